The molecule has 10 rings (SSSR count). The number of rotatable bonds is 6. The summed E-state index contributed by atoms with van der Waals surface area (Å²) in [4.78, 5) is 4.72. The van der Waals surface area contributed by atoms with E-state index in [2.05, 4.69) is 204 Å². The van der Waals surface area contributed by atoms with Crippen molar-refractivity contribution in [2.24, 2.45) is 0 Å². The average molecular weight is 653 g/mol. The van der Waals surface area contributed by atoms with Gasteiger partial charge in [-0.15, -0.1) is 0 Å². The molecule has 0 bridgehead atoms. The highest BCUT2D eigenvalue weighted by Crippen LogP contribution is 2.64. The molecule has 1 unspecified atom stereocenters. The number of hydrogen-bond acceptors (Lipinski definition) is 2. The van der Waals surface area contributed by atoms with E-state index in [1.807, 2.05) is 0 Å². The SMILES string of the molecule is C1=CC2=C(CC1)C1(c3ccccc32)c2ccccc2-c2ccc(N(c3ccccc3)c3ccc(N(c4ccccc4)c4ccccc4)cc3)cc21. The fraction of sp³-hybridized carbons (Fsp3) is 0.0612. The second kappa shape index (κ2) is 11.9. The summed E-state index contributed by atoms with van der Waals surface area (Å²) >= 11 is 0. The molecule has 1 spiro atoms. The Labute approximate surface area is 299 Å². The van der Waals surface area contributed by atoms with Crippen molar-refractivity contribution in [3.63, 3.8) is 0 Å². The van der Waals surface area contributed by atoms with Gasteiger partial charge in [-0.2, -0.15) is 0 Å². The van der Waals surface area contributed by atoms with Crippen molar-refractivity contribution in [1.29, 1.82) is 0 Å². The van der Waals surface area contributed by atoms with Gasteiger partial charge < -0.3 is 9.80 Å². The Kier molecular flexibility index (Phi) is 6.89. The molecule has 0 aliphatic heterocycles. The largest absolute Gasteiger partial charge is 0.311 e. The van der Waals surface area contributed by atoms with E-state index >= 15 is 0 Å². The standard InChI is InChI=1S/C49H36N2/c1-4-16-35(17-5-1)50(36-18-6-2-7-19-36)38-28-30-39(31-29-38)51(37-20-8-3-9-21-37)40-32-33-44-43-24-12-15-27-47(43)49(48(44)34-40)45-25-13-10-22-41(45)42-23-11-14-26-46(42)49/h1-13,15-25,27-34H,14,26H2. The number of anilines is 6. The molecule has 2 nitrogen and oxygen atoms in total. The molecule has 51 heavy (non-hydrogen) atoms. The zero-order valence-corrected chi connectivity index (χ0v) is 28.3. The lowest BCUT2D eigenvalue weighted by Gasteiger charge is -2.34. The van der Waals surface area contributed by atoms with Crippen LogP contribution >= 0.6 is 0 Å². The average Bonchev–Trinajstić information content (AvgIpc) is 3.67. The van der Waals surface area contributed by atoms with Gasteiger partial charge in [0.15, 0.2) is 0 Å². The van der Waals surface area contributed by atoms with Crippen LogP contribution in [0.4, 0.5) is 34.1 Å². The molecule has 1 atom stereocenters. The zero-order valence-electron chi connectivity index (χ0n) is 28.3. The molecule has 0 heterocycles. The van der Waals surface area contributed by atoms with E-state index in [0.717, 1.165) is 47.0 Å². The Morgan fingerprint density at radius 3 is 1.39 bits per heavy atom. The van der Waals surface area contributed by atoms with Crippen molar-refractivity contribution in [1.82, 2.24) is 0 Å². The molecule has 3 aliphatic carbocycles. The second-order valence-electron chi connectivity index (χ2n) is 13.6. The smallest absolute Gasteiger partial charge is 0.0689 e. The molecule has 0 fully saturated rings. The lowest BCUT2D eigenvalue weighted by atomic mass is 9.68. The lowest BCUT2D eigenvalue weighted by Crippen LogP contribution is -2.28. The van der Waals surface area contributed by atoms with Crippen LogP contribution in [0.15, 0.2) is 200 Å². The topological polar surface area (TPSA) is 6.48 Å². The van der Waals surface area contributed by atoms with Crippen molar-refractivity contribution >= 4 is 39.7 Å². The maximum Gasteiger partial charge on any atom is 0.0689 e. The van der Waals surface area contributed by atoms with E-state index in [1.54, 1.807) is 0 Å². The Hall–Kier alpha value is -6.38. The van der Waals surface area contributed by atoms with Crippen LogP contribution in [0.1, 0.15) is 35.1 Å². The van der Waals surface area contributed by atoms with Gasteiger partial charge in [0.2, 0.25) is 0 Å². The molecular weight excluding hydrogens is 617 g/mol. The van der Waals surface area contributed by atoms with Crippen LogP contribution in [0.5, 0.6) is 0 Å². The highest BCUT2D eigenvalue weighted by atomic mass is 15.2. The lowest BCUT2D eigenvalue weighted by molar-refractivity contribution is 0.714. The molecule has 7 aromatic rings. The Bertz CT molecular complexity index is 2420. The van der Waals surface area contributed by atoms with Crippen molar-refractivity contribution < 1.29 is 0 Å². The highest BCUT2D eigenvalue weighted by molar-refractivity contribution is 5.98. The summed E-state index contributed by atoms with van der Waals surface area (Å²) in [5.41, 5.74) is 17.6. The summed E-state index contributed by atoms with van der Waals surface area (Å²) < 4.78 is 0. The van der Waals surface area contributed by atoms with Crippen LogP contribution in [0.25, 0.3) is 16.7 Å². The number of benzene rings is 7. The summed E-state index contributed by atoms with van der Waals surface area (Å²) in [5.74, 6) is 0. The molecule has 0 N–H and O–H groups in total. The number of nitrogens with zero attached hydrogens (tertiary/aromatic N) is 2. The Balaban J connectivity index is 1.15. The van der Waals surface area contributed by atoms with Crippen LogP contribution in [-0.4, -0.2) is 0 Å². The minimum Gasteiger partial charge on any atom is -0.311 e. The molecule has 0 aromatic heterocycles. The molecule has 3 aliphatic rings. The van der Waals surface area contributed by atoms with Crippen molar-refractivity contribution in [3.8, 4) is 11.1 Å². The maximum absolute atomic E-state index is 2.49. The molecular formula is C49H36N2. The van der Waals surface area contributed by atoms with E-state index in [1.165, 1.54) is 44.5 Å². The predicted molar refractivity (Wildman–Crippen MR) is 213 cm³/mol. The number of para-hydroxylation sites is 3. The summed E-state index contributed by atoms with van der Waals surface area (Å²) in [6.07, 6.45) is 6.85. The van der Waals surface area contributed by atoms with Gasteiger partial charge >= 0.3 is 0 Å². The van der Waals surface area contributed by atoms with Crippen molar-refractivity contribution in [2.45, 2.75) is 18.3 Å². The van der Waals surface area contributed by atoms with Gasteiger partial charge in [-0.05, 0) is 130 Å². The van der Waals surface area contributed by atoms with E-state index in [-0.39, 0.29) is 5.41 Å². The van der Waals surface area contributed by atoms with E-state index in [9.17, 15) is 0 Å². The van der Waals surface area contributed by atoms with Gasteiger partial charge in [0.25, 0.3) is 0 Å². The van der Waals surface area contributed by atoms with E-state index < -0.39 is 0 Å². The number of hydrogen-bond donors (Lipinski definition) is 0. The first-order valence-corrected chi connectivity index (χ1v) is 17.9. The normalized spacial score (nSPS) is 16.4. The number of allylic oxidation sites excluding steroid dienone is 4. The van der Waals surface area contributed by atoms with Crippen LogP contribution in [0.3, 0.4) is 0 Å². The summed E-state index contributed by atoms with van der Waals surface area (Å²) in [6, 6.07) is 66.4. The van der Waals surface area contributed by atoms with Crippen LogP contribution in [0.2, 0.25) is 0 Å². The van der Waals surface area contributed by atoms with Crippen molar-refractivity contribution in [2.75, 3.05) is 9.80 Å². The molecule has 2 heteroatoms. The molecule has 0 saturated carbocycles. The van der Waals surface area contributed by atoms with Gasteiger partial charge in [0, 0.05) is 34.1 Å². The van der Waals surface area contributed by atoms with Gasteiger partial charge in [0.1, 0.15) is 0 Å². The van der Waals surface area contributed by atoms with Gasteiger partial charge in [-0.1, -0.05) is 121 Å². The minimum atomic E-state index is -0.309. The first-order valence-electron chi connectivity index (χ1n) is 17.9. The zero-order chi connectivity index (χ0) is 33.8. The van der Waals surface area contributed by atoms with E-state index in [4.69, 9.17) is 0 Å². The highest BCUT2D eigenvalue weighted by Gasteiger charge is 2.52. The Morgan fingerprint density at radius 1 is 0.373 bits per heavy atom. The third-order valence-electron chi connectivity index (χ3n) is 10.9. The number of fused-ring (bicyclic) bond motifs is 9. The van der Waals surface area contributed by atoms with Crippen LogP contribution < -0.4 is 9.80 Å². The molecule has 7 aromatic carbocycles. The van der Waals surface area contributed by atoms with Gasteiger partial charge in [-0.3, -0.25) is 0 Å². The monoisotopic (exact) mass is 652 g/mol. The Morgan fingerprint density at radius 2 is 0.804 bits per heavy atom. The summed E-state index contributed by atoms with van der Waals surface area (Å²) in [6.45, 7) is 0. The second-order valence-corrected chi connectivity index (χ2v) is 13.6. The van der Waals surface area contributed by atoms with Gasteiger partial charge in [0.05, 0.1) is 5.41 Å². The molecule has 242 valence electrons. The van der Waals surface area contributed by atoms with Crippen LogP contribution in [-0.2, 0) is 5.41 Å². The van der Waals surface area contributed by atoms with Crippen molar-refractivity contribution in [3.05, 3.63) is 222 Å². The molecule has 0 saturated heterocycles. The predicted octanol–water partition coefficient (Wildman–Crippen LogP) is 13.1. The fourth-order valence-electron chi connectivity index (χ4n) is 8.91. The first kappa shape index (κ1) is 29.5. The third-order valence-corrected chi connectivity index (χ3v) is 10.9. The molecule has 0 radical (unpaired) electrons. The molecule has 0 amide bonds. The fourth-order valence-corrected chi connectivity index (χ4v) is 8.91. The quantitative estimate of drug-likeness (QED) is 0.176. The maximum atomic E-state index is 2.49. The first-order chi connectivity index (χ1) is 25.3. The minimum absolute atomic E-state index is 0.309. The summed E-state index contributed by atoms with van der Waals surface area (Å²) in [7, 11) is 0. The van der Waals surface area contributed by atoms with Gasteiger partial charge in [-0.25, -0.2) is 0 Å². The van der Waals surface area contributed by atoms with E-state index in [0.29, 0.717) is 0 Å². The van der Waals surface area contributed by atoms with Crippen LogP contribution in [0, 0.1) is 0 Å². The third kappa shape index (κ3) is 4.50. The summed E-state index contributed by atoms with van der Waals surface area (Å²) in [5, 5.41) is 0.